The number of ether oxygens (including phenoxy) is 1. The van der Waals surface area contributed by atoms with Gasteiger partial charge in [-0.05, 0) is 24.8 Å². The Kier molecular flexibility index (Phi) is 3.08. The number of hydrogen-bond acceptors (Lipinski definition) is 3. The second-order valence-corrected chi connectivity index (χ2v) is 4.87. The van der Waals surface area contributed by atoms with Gasteiger partial charge < -0.3 is 9.84 Å². The monoisotopic (exact) mass is 212 g/mol. The van der Waals surface area contributed by atoms with Crippen molar-refractivity contribution in [1.29, 1.82) is 0 Å². The Hall–Kier alpha value is -0.540. The minimum atomic E-state index is -0.288. The number of aliphatic hydroxyl groups excluding tert-OH is 1. The van der Waals surface area contributed by atoms with Gasteiger partial charge in [-0.15, -0.1) is 11.3 Å². The molecule has 0 aromatic carbocycles. The third kappa shape index (κ3) is 2.49. The topological polar surface area (TPSA) is 29.5 Å². The van der Waals surface area contributed by atoms with Crippen LogP contribution < -0.4 is 4.74 Å². The van der Waals surface area contributed by atoms with Crippen molar-refractivity contribution in [3.63, 3.8) is 0 Å². The predicted molar refractivity (Wildman–Crippen MR) is 57.8 cm³/mol. The van der Waals surface area contributed by atoms with E-state index in [1.807, 2.05) is 11.4 Å². The van der Waals surface area contributed by atoms with Gasteiger partial charge in [0.2, 0.25) is 0 Å². The highest BCUT2D eigenvalue weighted by Crippen LogP contribution is 2.37. The number of methoxy groups -OCH3 is 1. The molecule has 14 heavy (non-hydrogen) atoms. The van der Waals surface area contributed by atoms with Crippen LogP contribution in [0.3, 0.4) is 0 Å². The summed E-state index contributed by atoms with van der Waals surface area (Å²) < 4.78 is 5.08. The van der Waals surface area contributed by atoms with Gasteiger partial charge in [0.05, 0.1) is 13.2 Å². The van der Waals surface area contributed by atoms with Gasteiger partial charge in [0.15, 0.2) is 0 Å². The van der Waals surface area contributed by atoms with Crippen molar-refractivity contribution in [2.45, 2.75) is 31.8 Å². The van der Waals surface area contributed by atoms with E-state index in [2.05, 4.69) is 0 Å². The summed E-state index contributed by atoms with van der Waals surface area (Å²) in [6.45, 7) is 0. The summed E-state index contributed by atoms with van der Waals surface area (Å²) in [5.74, 6) is 1.75. The van der Waals surface area contributed by atoms with Gasteiger partial charge in [-0.3, -0.25) is 0 Å². The lowest BCUT2D eigenvalue weighted by Crippen LogP contribution is -1.94. The Labute approximate surface area is 88.5 Å². The van der Waals surface area contributed by atoms with Gasteiger partial charge in [0, 0.05) is 10.3 Å². The van der Waals surface area contributed by atoms with E-state index in [9.17, 15) is 5.11 Å². The summed E-state index contributed by atoms with van der Waals surface area (Å²) >= 11 is 1.58. The van der Waals surface area contributed by atoms with Gasteiger partial charge in [-0.2, -0.15) is 0 Å². The molecule has 0 radical (unpaired) electrons. The fourth-order valence-electron chi connectivity index (χ4n) is 1.56. The molecule has 3 heteroatoms. The molecule has 0 bridgehead atoms. The van der Waals surface area contributed by atoms with Crippen LogP contribution in [0.2, 0.25) is 0 Å². The van der Waals surface area contributed by atoms with Gasteiger partial charge in [0.1, 0.15) is 5.75 Å². The number of aliphatic hydroxyl groups is 1. The molecule has 0 amide bonds. The zero-order chi connectivity index (χ0) is 9.97. The molecular formula is C11H16O2S. The van der Waals surface area contributed by atoms with Crippen LogP contribution in [0.4, 0.5) is 0 Å². The molecule has 1 aromatic rings. The first-order chi connectivity index (χ1) is 6.79. The highest BCUT2D eigenvalue weighted by Gasteiger charge is 2.22. The van der Waals surface area contributed by atoms with Crippen molar-refractivity contribution in [2.75, 3.05) is 7.11 Å². The van der Waals surface area contributed by atoms with Crippen LogP contribution in [0.15, 0.2) is 11.4 Å². The molecule has 2 rings (SSSR count). The third-order valence-corrected chi connectivity index (χ3v) is 3.72. The molecule has 1 atom stereocenters. The van der Waals surface area contributed by atoms with E-state index < -0.39 is 0 Å². The van der Waals surface area contributed by atoms with E-state index in [0.717, 1.165) is 23.0 Å². The summed E-state index contributed by atoms with van der Waals surface area (Å²) in [6, 6.07) is 1.93. The summed E-state index contributed by atoms with van der Waals surface area (Å²) in [5.41, 5.74) is 0. The smallest absolute Gasteiger partial charge is 0.129 e. The normalized spacial score (nSPS) is 18.1. The van der Waals surface area contributed by atoms with Crippen LogP contribution >= 0.6 is 11.3 Å². The Morgan fingerprint density at radius 2 is 2.43 bits per heavy atom. The average Bonchev–Trinajstić information content (AvgIpc) is 2.90. The molecule has 1 heterocycles. The van der Waals surface area contributed by atoms with Gasteiger partial charge in [-0.1, -0.05) is 12.8 Å². The number of thiophene rings is 1. The minimum Gasteiger partial charge on any atom is -0.496 e. The standard InChI is InChI=1S/C11H16O2S/c1-13-9-6-11(14-7-9)10(12)5-4-8-2-3-8/h6-8,10,12H,2-5H2,1H3. The van der Waals surface area contributed by atoms with Crippen molar-refractivity contribution < 1.29 is 9.84 Å². The molecule has 1 aliphatic carbocycles. The molecule has 2 nitrogen and oxygen atoms in total. The van der Waals surface area contributed by atoms with Gasteiger partial charge in [-0.25, -0.2) is 0 Å². The lowest BCUT2D eigenvalue weighted by Gasteiger charge is -2.06. The number of rotatable bonds is 5. The first-order valence-electron chi connectivity index (χ1n) is 5.10. The quantitative estimate of drug-likeness (QED) is 0.813. The maximum Gasteiger partial charge on any atom is 0.129 e. The van der Waals surface area contributed by atoms with Crippen LogP contribution in [0, 0.1) is 5.92 Å². The molecule has 0 saturated heterocycles. The fraction of sp³-hybridized carbons (Fsp3) is 0.636. The maximum absolute atomic E-state index is 9.86. The maximum atomic E-state index is 9.86. The summed E-state index contributed by atoms with van der Waals surface area (Å²) in [5, 5.41) is 11.8. The summed E-state index contributed by atoms with van der Waals surface area (Å²) in [7, 11) is 1.66. The molecule has 1 aliphatic rings. The van der Waals surface area contributed by atoms with Gasteiger partial charge >= 0.3 is 0 Å². The number of hydrogen-bond donors (Lipinski definition) is 1. The summed E-state index contributed by atoms with van der Waals surface area (Å²) in [4.78, 5) is 1.03. The third-order valence-electron chi connectivity index (χ3n) is 2.71. The van der Waals surface area contributed by atoms with Crippen molar-refractivity contribution >= 4 is 11.3 Å². The molecule has 0 spiro atoms. The SMILES string of the molecule is COc1csc(C(O)CCC2CC2)c1. The molecule has 78 valence electrons. The van der Waals surface area contributed by atoms with Crippen molar-refractivity contribution in [2.24, 2.45) is 5.92 Å². The highest BCUT2D eigenvalue weighted by atomic mass is 32.1. The largest absolute Gasteiger partial charge is 0.496 e. The van der Waals surface area contributed by atoms with Crippen LogP contribution in [-0.2, 0) is 0 Å². The molecule has 1 fully saturated rings. The van der Waals surface area contributed by atoms with E-state index in [0.29, 0.717) is 0 Å². The van der Waals surface area contributed by atoms with Gasteiger partial charge in [0.25, 0.3) is 0 Å². The van der Waals surface area contributed by atoms with E-state index in [-0.39, 0.29) is 6.10 Å². The minimum absolute atomic E-state index is 0.288. The molecule has 0 aliphatic heterocycles. The Balaban J connectivity index is 1.85. The second kappa shape index (κ2) is 4.32. The zero-order valence-electron chi connectivity index (χ0n) is 8.40. The molecule has 1 unspecified atom stereocenters. The van der Waals surface area contributed by atoms with E-state index in [1.165, 1.54) is 19.3 Å². The first kappa shape index (κ1) is 9.99. The van der Waals surface area contributed by atoms with Crippen LogP contribution in [-0.4, -0.2) is 12.2 Å². The molecule has 1 N–H and O–H groups in total. The fourth-order valence-corrected chi connectivity index (χ4v) is 2.43. The summed E-state index contributed by atoms with van der Waals surface area (Å²) in [6.07, 6.45) is 4.50. The lowest BCUT2D eigenvalue weighted by atomic mass is 10.1. The van der Waals surface area contributed by atoms with Crippen molar-refractivity contribution in [3.05, 3.63) is 16.3 Å². The second-order valence-electron chi connectivity index (χ2n) is 3.93. The van der Waals surface area contributed by atoms with Crippen molar-refractivity contribution in [3.8, 4) is 5.75 Å². The Morgan fingerprint density at radius 3 is 3.00 bits per heavy atom. The van der Waals surface area contributed by atoms with Crippen molar-refractivity contribution in [1.82, 2.24) is 0 Å². The first-order valence-corrected chi connectivity index (χ1v) is 5.98. The van der Waals surface area contributed by atoms with E-state index in [1.54, 1.807) is 18.4 Å². The van der Waals surface area contributed by atoms with Crippen LogP contribution in [0.5, 0.6) is 5.75 Å². The molecule has 1 aromatic heterocycles. The van der Waals surface area contributed by atoms with Crippen LogP contribution in [0.25, 0.3) is 0 Å². The predicted octanol–water partition coefficient (Wildman–Crippen LogP) is 2.98. The Morgan fingerprint density at radius 1 is 1.64 bits per heavy atom. The molecular weight excluding hydrogens is 196 g/mol. The van der Waals surface area contributed by atoms with E-state index >= 15 is 0 Å². The highest BCUT2D eigenvalue weighted by molar-refractivity contribution is 7.10. The Bertz CT molecular complexity index is 291. The zero-order valence-corrected chi connectivity index (χ0v) is 9.22. The lowest BCUT2D eigenvalue weighted by molar-refractivity contribution is 0.166. The molecule has 1 saturated carbocycles. The van der Waals surface area contributed by atoms with E-state index in [4.69, 9.17) is 4.74 Å². The van der Waals surface area contributed by atoms with Crippen LogP contribution in [0.1, 0.15) is 36.7 Å². The average molecular weight is 212 g/mol.